The van der Waals surface area contributed by atoms with Crippen molar-refractivity contribution in [2.75, 3.05) is 11.9 Å². The zero-order valence-electron chi connectivity index (χ0n) is 16.2. The lowest BCUT2D eigenvalue weighted by Crippen LogP contribution is -2.34. The molecular weight excluding hydrogens is 424 g/mol. The molecule has 1 aliphatic carbocycles. The van der Waals surface area contributed by atoms with E-state index in [0.717, 1.165) is 36.1 Å². The van der Waals surface area contributed by atoms with Crippen molar-refractivity contribution in [1.82, 2.24) is 14.9 Å². The standard InChI is InChI=1S/C21H21ClN4O3S/c22-13-4-3-5-14(10-13)25-17(27)8-9-23-18(28)11-26-12-24-20-19(21(26)29)15-6-1-2-7-16(15)30-20/h3-5,10,12H,1-2,6-9,11H2,(H,23,28)(H,25,27). The highest BCUT2D eigenvalue weighted by molar-refractivity contribution is 7.18. The molecule has 2 heterocycles. The van der Waals surface area contributed by atoms with Crippen LogP contribution in [0.25, 0.3) is 10.2 Å². The number of anilines is 1. The third kappa shape index (κ3) is 4.55. The fourth-order valence-corrected chi connectivity index (χ4v) is 5.02. The summed E-state index contributed by atoms with van der Waals surface area (Å²) in [4.78, 5) is 43.5. The minimum absolute atomic E-state index is 0.114. The Hall–Kier alpha value is -2.71. The minimum Gasteiger partial charge on any atom is -0.354 e. The molecule has 2 aromatic heterocycles. The van der Waals surface area contributed by atoms with Crippen LogP contribution >= 0.6 is 22.9 Å². The van der Waals surface area contributed by atoms with Gasteiger partial charge < -0.3 is 10.6 Å². The van der Waals surface area contributed by atoms with Crippen molar-refractivity contribution in [3.63, 3.8) is 0 Å². The Morgan fingerprint density at radius 1 is 1.20 bits per heavy atom. The molecule has 3 aromatic rings. The maximum atomic E-state index is 12.9. The topological polar surface area (TPSA) is 93.1 Å². The molecular formula is C21H21ClN4O3S. The second-order valence-corrected chi connectivity index (χ2v) is 8.75. The van der Waals surface area contributed by atoms with Crippen molar-refractivity contribution in [3.8, 4) is 0 Å². The molecule has 0 atom stereocenters. The predicted molar refractivity (Wildman–Crippen MR) is 118 cm³/mol. The van der Waals surface area contributed by atoms with Crippen LogP contribution in [0.15, 0.2) is 35.4 Å². The van der Waals surface area contributed by atoms with Crippen LogP contribution in [-0.4, -0.2) is 27.9 Å². The number of benzene rings is 1. The summed E-state index contributed by atoms with van der Waals surface area (Å²) in [7, 11) is 0. The Morgan fingerprint density at radius 2 is 2.03 bits per heavy atom. The first-order valence-electron chi connectivity index (χ1n) is 9.83. The van der Waals surface area contributed by atoms with Crippen LogP contribution in [0.2, 0.25) is 5.02 Å². The van der Waals surface area contributed by atoms with Crippen molar-refractivity contribution >= 4 is 50.7 Å². The van der Waals surface area contributed by atoms with Gasteiger partial charge in [-0.25, -0.2) is 4.98 Å². The Kier molecular flexibility index (Phi) is 6.15. The lowest BCUT2D eigenvalue weighted by molar-refractivity contribution is -0.121. The van der Waals surface area contributed by atoms with Crippen molar-refractivity contribution < 1.29 is 9.59 Å². The van der Waals surface area contributed by atoms with E-state index in [9.17, 15) is 14.4 Å². The number of hydrogen-bond donors (Lipinski definition) is 2. The molecule has 0 fully saturated rings. The fraction of sp³-hybridized carbons (Fsp3) is 0.333. The van der Waals surface area contributed by atoms with Gasteiger partial charge in [-0.05, 0) is 49.4 Å². The van der Waals surface area contributed by atoms with Gasteiger partial charge in [-0.1, -0.05) is 17.7 Å². The molecule has 0 aliphatic heterocycles. The van der Waals surface area contributed by atoms with E-state index in [1.54, 1.807) is 35.6 Å². The molecule has 0 bridgehead atoms. The maximum Gasteiger partial charge on any atom is 0.262 e. The maximum absolute atomic E-state index is 12.9. The summed E-state index contributed by atoms with van der Waals surface area (Å²) < 4.78 is 1.34. The zero-order chi connectivity index (χ0) is 21.1. The van der Waals surface area contributed by atoms with Crippen LogP contribution in [0.5, 0.6) is 0 Å². The SMILES string of the molecule is O=C(Cn1cnc2sc3c(c2c1=O)CCCC3)NCCC(=O)Nc1cccc(Cl)c1. The average molecular weight is 445 g/mol. The number of carbonyl (C=O) groups is 2. The molecule has 0 saturated carbocycles. The normalized spacial score (nSPS) is 13.1. The number of nitrogens with zero attached hydrogens (tertiary/aromatic N) is 2. The number of nitrogens with one attached hydrogen (secondary N) is 2. The van der Waals surface area contributed by atoms with Crippen molar-refractivity contribution in [3.05, 3.63) is 56.4 Å². The summed E-state index contributed by atoms with van der Waals surface area (Å²) in [5.74, 6) is -0.569. The lowest BCUT2D eigenvalue weighted by atomic mass is 9.97. The Labute approximate surface area is 182 Å². The van der Waals surface area contributed by atoms with Gasteiger partial charge in [0.25, 0.3) is 5.56 Å². The summed E-state index contributed by atoms with van der Waals surface area (Å²) in [5.41, 5.74) is 1.53. The number of hydrogen-bond acceptors (Lipinski definition) is 5. The van der Waals surface area contributed by atoms with Gasteiger partial charge in [0, 0.05) is 28.6 Å². The molecule has 0 radical (unpaired) electrons. The zero-order valence-corrected chi connectivity index (χ0v) is 17.8. The fourth-order valence-electron chi connectivity index (χ4n) is 3.61. The van der Waals surface area contributed by atoms with E-state index in [0.29, 0.717) is 16.1 Å². The third-order valence-electron chi connectivity index (χ3n) is 5.04. The molecule has 0 saturated heterocycles. The number of aryl methyl sites for hydroxylation is 2. The molecule has 9 heteroatoms. The second-order valence-electron chi connectivity index (χ2n) is 7.23. The van der Waals surface area contributed by atoms with Crippen LogP contribution in [0.4, 0.5) is 5.69 Å². The number of fused-ring (bicyclic) bond motifs is 3. The molecule has 156 valence electrons. The molecule has 0 spiro atoms. The molecule has 30 heavy (non-hydrogen) atoms. The number of thiophene rings is 1. The smallest absolute Gasteiger partial charge is 0.262 e. The quantitative estimate of drug-likeness (QED) is 0.610. The Morgan fingerprint density at radius 3 is 2.87 bits per heavy atom. The first-order chi connectivity index (χ1) is 14.5. The van der Waals surface area contributed by atoms with E-state index < -0.39 is 0 Å². The van der Waals surface area contributed by atoms with Gasteiger partial charge in [0.15, 0.2) is 0 Å². The number of aromatic nitrogens is 2. The number of carbonyl (C=O) groups excluding carboxylic acids is 2. The molecule has 4 rings (SSSR count). The Balaban J connectivity index is 1.34. The molecule has 1 aliphatic rings. The van der Waals surface area contributed by atoms with Gasteiger partial charge in [-0.15, -0.1) is 11.3 Å². The second kappa shape index (κ2) is 8.97. The summed E-state index contributed by atoms with van der Waals surface area (Å²) >= 11 is 7.47. The van der Waals surface area contributed by atoms with Gasteiger partial charge >= 0.3 is 0 Å². The number of halogens is 1. The van der Waals surface area contributed by atoms with Gasteiger partial charge in [0.05, 0.1) is 11.7 Å². The van der Waals surface area contributed by atoms with Crippen LogP contribution < -0.4 is 16.2 Å². The van der Waals surface area contributed by atoms with Crippen LogP contribution in [0, 0.1) is 0 Å². The van der Waals surface area contributed by atoms with E-state index in [-0.39, 0.29) is 36.9 Å². The summed E-state index contributed by atoms with van der Waals surface area (Å²) in [6.45, 7) is 0.0474. The van der Waals surface area contributed by atoms with Gasteiger partial charge in [-0.2, -0.15) is 0 Å². The van der Waals surface area contributed by atoms with Gasteiger partial charge in [-0.3, -0.25) is 19.0 Å². The third-order valence-corrected chi connectivity index (χ3v) is 6.47. The molecule has 2 N–H and O–H groups in total. The van der Waals surface area contributed by atoms with Crippen molar-refractivity contribution in [2.45, 2.75) is 38.6 Å². The number of amides is 2. The van der Waals surface area contributed by atoms with Gasteiger partial charge in [0.2, 0.25) is 11.8 Å². The monoisotopic (exact) mass is 444 g/mol. The highest BCUT2D eigenvalue weighted by Crippen LogP contribution is 2.33. The highest BCUT2D eigenvalue weighted by atomic mass is 35.5. The van der Waals surface area contributed by atoms with Crippen LogP contribution in [0.3, 0.4) is 0 Å². The lowest BCUT2D eigenvalue weighted by Gasteiger charge is -2.10. The summed E-state index contributed by atoms with van der Waals surface area (Å²) in [5, 5.41) is 6.59. The van der Waals surface area contributed by atoms with E-state index in [4.69, 9.17) is 11.6 Å². The first-order valence-corrected chi connectivity index (χ1v) is 11.0. The minimum atomic E-state index is -0.335. The molecule has 1 aromatic carbocycles. The van der Waals surface area contributed by atoms with Crippen LogP contribution in [0.1, 0.15) is 29.7 Å². The van der Waals surface area contributed by atoms with Gasteiger partial charge in [0.1, 0.15) is 11.4 Å². The van der Waals surface area contributed by atoms with Crippen molar-refractivity contribution in [2.24, 2.45) is 0 Å². The predicted octanol–water partition coefficient (Wildman–Crippen LogP) is 3.14. The van der Waals surface area contributed by atoms with Crippen LogP contribution in [-0.2, 0) is 29.0 Å². The largest absolute Gasteiger partial charge is 0.354 e. The first kappa shape index (κ1) is 20.6. The Bertz CT molecular complexity index is 1170. The summed E-state index contributed by atoms with van der Waals surface area (Å²) in [6, 6.07) is 6.85. The molecule has 7 nitrogen and oxygen atoms in total. The van der Waals surface area contributed by atoms with E-state index in [1.165, 1.54) is 15.8 Å². The average Bonchev–Trinajstić information content (AvgIpc) is 3.09. The van der Waals surface area contributed by atoms with E-state index in [1.807, 2.05) is 0 Å². The number of rotatable bonds is 6. The van der Waals surface area contributed by atoms with E-state index >= 15 is 0 Å². The summed E-state index contributed by atoms with van der Waals surface area (Å²) in [6.07, 6.45) is 5.64. The van der Waals surface area contributed by atoms with Crippen molar-refractivity contribution in [1.29, 1.82) is 0 Å². The van der Waals surface area contributed by atoms with E-state index in [2.05, 4.69) is 15.6 Å². The molecule has 0 unspecified atom stereocenters. The molecule has 2 amide bonds. The highest BCUT2D eigenvalue weighted by Gasteiger charge is 2.20.